The first-order valence-electron chi connectivity index (χ1n) is 9.48. The molecule has 2 fully saturated rings. The molecule has 5 nitrogen and oxygen atoms in total. The van der Waals surface area contributed by atoms with Crippen LogP contribution in [0.2, 0.25) is 0 Å². The fourth-order valence-corrected chi connectivity index (χ4v) is 4.04. The number of carbonyl (C=O) groups is 2. The van der Waals surface area contributed by atoms with Crippen LogP contribution < -0.4 is 10.2 Å². The summed E-state index contributed by atoms with van der Waals surface area (Å²) < 4.78 is 0. The van der Waals surface area contributed by atoms with Crippen molar-refractivity contribution < 1.29 is 9.59 Å². The van der Waals surface area contributed by atoms with E-state index in [0.717, 1.165) is 56.6 Å². The molecule has 1 N–H and O–H groups in total. The molecule has 0 bridgehead atoms. The fourth-order valence-electron chi connectivity index (χ4n) is 4.04. The van der Waals surface area contributed by atoms with E-state index in [1.807, 2.05) is 23.1 Å². The number of nitrogens with zero attached hydrogens (tertiary/aromatic N) is 2. The van der Waals surface area contributed by atoms with Crippen molar-refractivity contribution in [1.82, 2.24) is 10.2 Å². The zero-order chi connectivity index (χ0) is 17.8. The number of nitrogens with one attached hydrogen (secondary N) is 1. The van der Waals surface area contributed by atoms with E-state index >= 15 is 0 Å². The van der Waals surface area contributed by atoms with E-state index in [1.165, 1.54) is 6.42 Å². The molecular formula is C20H29N3O2. The van der Waals surface area contributed by atoms with Gasteiger partial charge in [0.2, 0.25) is 5.91 Å². The Hall–Kier alpha value is -2.04. The summed E-state index contributed by atoms with van der Waals surface area (Å²) in [4.78, 5) is 28.7. The van der Waals surface area contributed by atoms with Crippen molar-refractivity contribution in [2.75, 3.05) is 24.5 Å². The summed E-state index contributed by atoms with van der Waals surface area (Å²) in [6, 6.07) is 8.54. The third-order valence-electron chi connectivity index (χ3n) is 5.44. The first kappa shape index (κ1) is 17.8. The van der Waals surface area contributed by atoms with Crippen molar-refractivity contribution in [3.63, 3.8) is 0 Å². The maximum atomic E-state index is 13.1. The van der Waals surface area contributed by atoms with Crippen LogP contribution in [0.1, 0.15) is 56.3 Å². The summed E-state index contributed by atoms with van der Waals surface area (Å²) in [6.45, 7) is 6.31. The Morgan fingerprint density at radius 3 is 2.44 bits per heavy atom. The van der Waals surface area contributed by atoms with E-state index < -0.39 is 0 Å². The maximum absolute atomic E-state index is 13.1. The number of piperidine rings is 2. The molecule has 2 aliphatic heterocycles. The minimum atomic E-state index is 0.0353. The largest absolute Gasteiger partial charge is 0.371 e. The quantitative estimate of drug-likeness (QED) is 0.918. The normalized spacial score (nSPS) is 21.9. The molecule has 0 radical (unpaired) electrons. The molecule has 5 heteroatoms. The van der Waals surface area contributed by atoms with Crippen molar-refractivity contribution in [2.45, 2.75) is 58.0 Å². The number of amides is 2. The molecule has 0 spiro atoms. The summed E-state index contributed by atoms with van der Waals surface area (Å²) >= 11 is 0. The Kier molecular flexibility index (Phi) is 5.61. The molecule has 2 saturated heterocycles. The minimum absolute atomic E-state index is 0.0353. The van der Waals surface area contributed by atoms with Gasteiger partial charge < -0.3 is 15.1 Å². The molecule has 136 valence electrons. The lowest BCUT2D eigenvalue weighted by Gasteiger charge is -2.37. The Labute approximate surface area is 150 Å². The van der Waals surface area contributed by atoms with Crippen molar-refractivity contribution in [3.05, 3.63) is 29.8 Å². The maximum Gasteiger partial charge on any atom is 0.256 e. The van der Waals surface area contributed by atoms with Crippen LogP contribution in [0.5, 0.6) is 0 Å². The van der Waals surface area contributed by atoms with Crippen LogP contribution in [0.3, 0.4) is 0 Å². The van der Waals surface area contributed by atoms with Crippen LogP contribution in [0.4, 0.5) is 5.69 Å². The molecule has 3 rings (SSSR count). The molecule has 2 amide bonds. The number of hydrogen-bond acceptors (Lipinski definition) is 3. The smallest absolute Gasteiger partial charge is 0.256 e. The summed E-state index contributed by atoms with van der Waals surface area (Å²) in [5.74, 6) is 0.194. The Morgan fingerprint density at radius 1 is 1.04 bits per heavy atom. The Morgan fingerprint density at radius 2 is 1.76 bits per heavy atom. The molecule has 1 atom stereocenters. The third kappa shape index (κ3) is 4.14. The van der Waals surface area contributed by atoms with Gasteiger partial charge in [0, 0.05) is 44.3 Å². The molecule has 0 unspecified atom stereocenters. The van der Waals surface area contributed by atoms with Gasteiger partial charge in [-0.15, -0.1) is 0 Å². The summed E-state index contributed by atoms with van der Waals surface area (Å²) in [5.41, 5.74) is 1.85. The highest BCUT2D eigenvalue weighted by Gasteiger charge is 2.28. The highest BCUT2D eigenvalue weighted by atomic mass is 16.2. The number of para-hydroxylation sites is 1. The second-order valence-corrected chi connectivity index (χ2v) is 7.32. The van der Waals surface area contributed by atoms with Crippen LogP contribution in [0.15, 0.2) is 24.3 Å². The Balaban J connectivity index is 1.73. The zero-order valence-electron chi connectivity index (χ0n) is 15.3. The molecule has 1 aromatic rings. The lowest BCUT2D eigenvalue weighted by molar-refractivity contribution is -0.119. The van der Waals surface area contributed by atoms with Crippen LogP contribution in [-0.4, -0.2) is 48.4 Å². The second kappa shape index (κ2) is 7.89. The lowest BCUT2D eigenvalue weighted by atomic mass is 10.00. The van der Waals surface area contributed by atoms with Gasteiger partial charge in [-0.25, -0.2) is 0 Å². The molecule has 25 heavy (non-hydrogen) atoms. The van der Waals surface area contributed by atoms with E-state index in [4.69, 9.17) is 0 Å². The topological polar surface area (TPSA) is 52.7 Å². The van der Waals surface area contributed by atoms with Gasteiger partial charge in [0.05, 0.1) is 5.56 Å². The highest BCUT2D eigenvalue weighted by molar-refractivity contribution is 6.00. The van der Waals surface area contributed by atoms with Crippen molar-refractivity contribution in [2.24, 2.45) is 0 Å². The van der Waals surface area contributed by atoms with Crippen molar-refractivity contribution >= 4 is 17.5 Å². The lowest BCUT2D eigenvalue weighted by Crippen LogP contribution is -2.45. The second-order valence-electron chi connectivity index (χ2n) is 7.32. The van der Waals surface area contributed by atoms with Crippen LogP contribution in [0.25, 0.3) is 0 Å². The first-order chi connectivity index (χ1) is 12.1. The van der Waals surface area contributed by atoms with Crippen LogP contribution in [-0.2, 0) is 4.79 Å². The predicted molar refractivity (Wildman–Crippen MR) is 99.8 cm³/mol. The average Bonchev–Trinajstić information content (AvgIpc) is 2.62. The molecular weight excluding hydrogens is 314 g/mol. The van der Waals surface area contributed by atoms with Crippen LogP contribution in [0, 0.1) is 0 Å². The van der Waals surface area contributed by atoms with Gasteiger partial charge in [0.15, 0.2) is 0 Å². The van der Waals surface area contributed by atoms with Gasteiger partial charge in [-0.3, -0.25) is 9.59 Å². The molecule has 1 aromatic carbocycles. The van der Waals surface area contributed by atoms with Gasteiger partial charge in [-0.05, 0) is 51.2 Å². The molecule has 2 heterocycles. The first-order valence-corrected chi connectivity index (χ1v) is 9.48. The summed E-state index contributed by atoms with van der Waals surface area (Å²) in [5, 5.41) is 3.01. The van der Waals surface area contributed by atoms with E-state index in [2.05, 4.69) is 23.2 Å². The van der Waals surface area contributed by atoms with E-state index in [0.29, 0.717) is 6.04 Å². The number of carbonyl (C=O) groups excluding carboxylic acids is 2. The van der Waals surface area contributed by atoms with Gasteiger partial charge in [-0.2, -0.15) is 0 Å². The minimum Gasteiger partial charge on any atom is -0.371 e. The number of likely N-dealkylation sites (tertiary alicyclic amines) is 1. The SMILES string of the molecule is CC(=O)NC1CCN(c2ccccc2C(=O)N2CCCC[C@H]2C)CC1. The third-order valence-corrected chi connectivity index (χ3v) is 5.44. The molecule has 0 saturated carbocycles. The zero-order valence-corrected chi connectivity index (χ0v) is 15.3. The van der Waals surface area contributed by atoms with E-state index in [9.17, 15) is 9.59 Å². The summed E-state index contributed by atoms with van der Waals surface area (Å²) in [6.07, 6.45) is 5.24. The molecule has 0 aliphatic carbocycles. The fraction of sp³-hybridized carbons (Fsp3) is 0.600. The molecule has 2 aliphatic rings. The van der Waals surface area contributed by atoms with Crippen molar-refractivity contribution in [1.29, 1.82) is 0 Å². The predicted octanol–water partition coefficient (Wildman–Crippen LogP) is 2.81. The molecule has 0 aromatic heterocycles. The number of hydrogen-bond donors (Lipinski definition) is 1. The van der Waals surface area contributed by atoms with E-state index in [-0.39, 0.29) is 17.9 Å². The number of benzene rings is 1. The van der Waals surface area contributed by atoms with Crippen molar-refractivity contribution in [3.8, 4) is 0 Å². The monoisotopic (exact) mass is 343 g/mol. The standard InChI is InChI=1S/C20H29N3O2/c1-15-7-5-6-12-23(15)20(25)18-8-3-4-9-19(18)22-13-10-17(11-14-22)21-16(2)24/h3-4,8-9,15,17H,5-7,10-14H2,1-2H3,(H,21,24)/t15-/m1/s1. The number of anilines is 1. The Bertz CT molecular complexity index is 623. The summed E-state index contributed by atoms with van der Waals surface area (Å²) in [7, 11) is 0. The van der Waals surface area contributed by atoms with Gasteiger partial charge in [-0.1, -0.05) is 12.1 Å². The van der Waals surface area contributed by atoms with Gasteiger partial charge in [0.25, 0.3) is 5.91 Å². The van der Waals surface area contributed by atoms with Gasteiger partial charge >= 0.3 is 0 Å². The highest BCUT2D eigenvalue weighted by Crippen LogP contribution is 2.27. The average molecular weight is 343 g/mol. The van der Waals surface area contributed by atoms with E-state index in [1.54, 1.807) is 6.92 Å². The van der Waals surface area contributed by atoms with Gasteiger partial charge in [0.1, 0.15) is 0 Å². The van der Waals surface area contributed by atoms with Crippen LogP contribution >= 0.6 is 0 Å². The number of rotatable bonds is 3.